The standard InChI is InChI=1S/C16H26FN3/c1-3-6-14(13-18-2)19-9-11-20(12-10-19)16-8-5-4-7-15(16)17/h4-5,7-8,14,18H,3,6,9-13H2,1-2H3. The molecule has 112 valence electrons. The van der Waals surface area contributed by atoms with Crippen LogP contribution in [-0.4, -0.2) is 50.7 Å². The second-order valence-electron chi connectivity index (χ2n) is 5.47. The van der Waals surface area contributed by atoms with E-state index in [0.717, 1.165) is 38.4 Å². The lowest BCUT2D eigenvalue weighted by atomic mass is 10.1. The molecule has 0 spiro atoms. The van der Waals surface area contributed by atoms with Crippen LogP contribution in [0.2, 0.25) is 0 Å². The maximum atomic E-state index is 13.8. The Kier molecular flexibility index (Phi) is 5.80. The highest BCUT2D eigenvalue weighted by Gasteiger charge is 2.23. The summed E-state index contributed by atoms with van der Waals surface area (Å²) < 4.78 is 13.8. The molecule has 20 heavy (non-hydrogen) atoms. The first-order valence-electron chi connectivity index (χ1n) is 7.64. The topological polar surface area (TPSA) is 18.5 Å². The highest BCUT2D eigenvalue weighted by atomic mass is 19.1. The average molecular weight is 279 g/mol. The molecular formula is C16H26FN3. The van der Waals surface area contributed by atoms with Gasteiger partial charge in [0.15, 0.2) is 0 Å². The molecule has 1 unspecified atom stereocenters. The van der Waals surface area contributed by atoms with Crippen LogP contribution >= 0.6 is 0 Å². The van der Waals surface area contributed by atoms with Crippen molar-refractivity contribution in [3.05, 3.63) is 30.1 Å². The molecule has 1 N–H and O–H groups in total. The number of hydrogen-bond donors (Lipinski definition) is 1. The number of benzene rings is 1. The van der Waals surface area contributed by atoms with Gasteiger partial charge in [0.2, 0.25) is 0 Å². The molecule has 3 nitrogen and oxygen atoms in total. The summed E-state index contributed by atoms with van der Waals surface area (Å²) in [5, 5.41) is 3.29. The van der Waals surface area contributed by atoms with Gasteiger partial charge in [-0.15, -0.1) is 0 Å². The van der Waals surface area contributed by atoms with E-state index in [9.17, 15) is 4.39 Å². The summed E-state index contributed by atoms with van der Waals surface area (Å²) in [5.74, 6) is -0.110. The van der Waals surface area contributed by atoms with Gasteiger partial charge < -0.3 is 10.2 Å². The minimum Gasteiger partial charge on any atom is -0.367 e. The van der Waals surface area contributed by atoms with Crippen molar-refractivity contribution in [2.24, 2.45) is 0 Å². The molecule has 0 aromatic heterocycles. The SMILES string of the molecule is CCCC(CNC)N1CCN(c2ccccc2F)CC1. The Balaban J connectivity index is 1.93. The third-order valence-electron chi connectivity index (χ3n) is 4.09. The number of anilines is 1. The van der Waals surface area contributed by atoms with Gasteiger partial charge >= 0.3 is 0 Å². The zero-order valence-corrected chi connectivity index (χ0v) is 12.6. The summed E-state index contributed by atoms with van der Waals surface area (Å²) >= 11 is 0. The summed E-state index contributed by atoms with van der Waals surface area (Å²) in [5.41, 5.74) is 0.743. The van der Waals surface area contributed by atoms with E-state index in [-0.39, 0.29) is 5.82 Å². The first-order valence-corrected chi connectivity index (χ1v) is 7.64. The number of likely N-dealkylation sites (N-methyl/N-ethyl adjacent to an activating group) is 1. The van der Waals surface area contributed by atoms with E-state index in [1.54, 1.807) is 12.1 Å². The van der Waals surface area contributed by atoms with Gasteiger partial charge in [-0.1, -0.05) is 25.5 Å². The zero-order chi connectivity index (χ0) is 14.4. The van der Waals surface area contributed by atoms with Crippen molar-refractivity contribution < 1.29 is 4.39 Å². The minimum atomic E-state index is -0.110. The maximum absolute atomic E-state index is 13.8. The highest BCUT2D eigenvalue weighted by molar-refractivity contribution is 5.48. The number of nitrogens with zero attached hydrogens (tertiary/aromatic N) is 2. The minimum absolute atomic E-state index is 0.110. The van der Waals surface area contributed by atoms with E-state index in [1.165, 1.54) is 12.8 Å². The lowest BCUT2D eigenvalue weighted by Crippen LogP contribution is -2.52. The van der Waals surface area contributed by atoms with Gasteiger partial charge in [-0.05, 0) is 25.6 Å². The number of hydrogen-bond acceptors (Lipinski definition) is 3. The van der Waals surface area contributed by atoms with Crippen molar-refractivity contribution in [1.82, 2.24) is 10.2 Å². The van der Waals surface area contributed by atoms with Gasteiger partial charge in [0.1, 0.15) is 5.82 Å². The summed E-state index contributed by atoms with van der Waals surface area (Å²) in [7, 11) is 2.01. The van der Waals surface area contributed by atoms with E-state index < -0.39 is 0 Å². The van der Waals surface area contributed by atoms with E-state index in [4.69, 9.17) is 0 Å². The molecule has 1 heterocycles. The van der Waals surface area contributed by atoms with Gasteiger partial charge in [-0.3, -0.25) is 4.90 Å². The smallest absolute Gasteiger partial charge is 0.146 e. The quantitative estimate of drug-likeness (QED) is 0.862. The van der Waals surface area contributed by atoms with Crippen molar-refractivity contribution in [2.45, 2.75) is 25.8 Å². The second kappa shape index (κ2) is 7.60. The molecule has 0 bridgehead atoms. The van der Waals surface area contributed by atoms with Crippen LogP contribution in [0, 0.1) is 5.82 Å². The lowest BCUT2D eigenvalue weighted by Gasteiger charge is -2.40. The van der Waals surface area contributed by atoms with E-state index >= 15 is 0 Å². The molecule has 1 aliphatic heterocycles. The number of rotatable bonds is 6. The van der Waals surface area contributed by atoms with Crippen LogP contribution in [0.5, 0.6) is 0 Å². The zero-order valence-electron chi connectivity index (χ0n) is 12.6. The summed E-state index contributed by atoms with van der Waals surface area (Å²) in [4.78, 5) is 4.70. The number of para-hydroxylation sites is 1. The molecule has 1 aromatic rings. The predicted octanol–water partition coefficient (Wildman–Crippen LogP) is 2.34. The molecule has 4 heteroatoms. The molecule has 1 aromatic carbocycles. The van der Waals surface area contributed by atoms with E-state index in [2.05, 4.69) is 22.0 Å². The third kappa shape index (κ3) is 3.70. The van der Waals surface area contributed by atoms with E-state index in [1.807, 2.05) is 19.2 Å². The van der Waals surface area contributed by atoms with E-state index in [0.29, 0.717) is 6.04 Å². The van der Waals surface area contributed by atoms with Crippen molar-refractivity contribution in [3.8, 4) is 0 Å². The Bertz CT molecular complexity index is 396. The number of nitrogens with one attached hydrogen (secondary N) is 1. The first-order chi connectivity index (χ1) is 9.76. The van der Waals surface area contributed by atoms with Crippen molar-refractivity contribution in [3.63, 3.8) is 0 Å². The maximum Gasteiger partial charge on any atom is 0.146 e. The summed E-state index contributed by atoms with van der Waals surface area (Å²) in [6.45, 7) is 7.11. The highest BCUT2D eigenvalue weighted by Crippen LogP contribution is 2.21. The molecule has 1 saturated heterocycles. The van der Waals surface area contributed by atoms with Crippen LogP contribution in [0.4, 0.5) is 10.1 Å². The Hall–Kier alpha value is -1.13. The normalized spacial score (nSPS) is 18.2. The largest absolute Gasteiger partial charge is 0.367 e. The lowest BCUT2D eigenvalue weighted by molar-refractivity contribution is 0.173. The number of piperazine rings is 1. The molecular weight excluding hydrogens is 253 g/mol. The van der Waals surface area contributed by atoms with Gasteiger partial charge in [-0.25, -0.2) is 4.39 Å². The predicted molar refractivity (Wildman–Crippen MR) is 82.8 cm³/mol. The fourth-order valence-electron chi connectivity index (χ4n) is 3.02. The molecule has 0 saturated carbocycles. The van der Waals surface area contributed by atoms with Crippen LogP contribution in [0.3, 0.4) is 0 Å². The molecule has 0 aliphatic carbocycles. The van der Waals surface area contributed by atoms with Gasteiger partial charge in [0.25, 0.3) is 0 Å². The third-order valence-corrected chi connectivity index (χ3v) is 4.09. The van der Waals surface area contributed by atoms with Gasteiger partial charge in [0.05, 0.1) is 5.69 Å². The first kappa shape index (κ1) is 15.3. The summed E-state index contributed by atoms with van der Waals surface area (Å²) in [6.07, 6.45) is 2.43. The monoisotopic (exact) mass is 279 g/mol. The Morgan fingerprint density at radius 1 is 1.20 bits per heavy atom. The molecule has 0 amide bonds. The van der Waals surface area contributed by atoms with Crippen LogP contribution in [0.1, 0.15) is 19.8 Å². The molecule has 0 radical (unpaired) electrons. The average Bonchev–Trinajstić information content (AvgIpc) is 2.48. The van der Waals surface area contributed by atoms with Crippen molar-refractivity contribution >= 4 is 5.69 Å². The van der Waals surface area contributed by atoms with Crippen LogP contribution in [-0.2, 0) is 0 Å². The second-order valence-corrected chi connectivity index (χ2v) is 5.47. The van der Waals surface area contributed by atoms with Crippen molar-refractivity contribution in [2.75, 3.05) is 44.7 Å². The molecule has 2 rings (SSSR count). The number of halogens is 1. The Labute approximate surface area is 121 Å². The van der Waals surface area contributed by atoms with Crippen LogP contribution < -0.4 is 10.2 Å². The summed E-state index contributed by atoms with van der Waals surface area (Å²) in [6, 6.07) is 7.68. The Morgan fingerprint density at radius 2 is 1.90 bits per heavy atom. The van der Waals surface area contributed by atoms with Crippen LogP contribution in [0.15, 0.2) is 24.3 Å². The molecule has 1 aliphatic rings. The molecule has 1 fully saturated rings. The Morgan fingerprint density at radius 3 is 2.50 bits per heavy atom. The fourth-order valence-corrected chi connectivity index (χ4v) is 3.02. The van der Waals surface area contributed by atoms with Crippen LogP contribution in [0.25, 0.3) is 0 Å². The van der Waals surface area contributed by atoms with Crippen molar-refractivity contribution in [1.29, 1.82) is 0 Å². The fraction of sp³-hybridized carbons (Fsp3) is 0.625. The molecule has 1 atom stereocenters. The van der Waals surface area contributed by atoms with Gasteiger partial charge in [0, 0.05) is 38.8 Å². The van der Waals surface area contributed by atoms with Gasteiger partial charge in [-0.2, -0.15) is 0 Å².